The van der Waals surface area contributed by atoms with Gasteiger partial charge in [-0.05, 0) is 43.5 Å². The Bertz CT molecular complexity index is 821. The molecule has 3 rings (SSSR count). The van der Waals surface area contributed by atoms with E-state index in [2.05, 4.69) is 11.9 Å². The van der Waals surface area contributed by atoms with Crippen LogP contribution in [-0.2, 0) is 4.74 Å². The molecule has 1 saturated heterocycles. The number of ether oxygens (including phenoxy) is 1. The Balaban J connectivity index is 1.78. The molecule has 2 heterocycles. The van der Waals surface area contributed by atoms with Crippen LogP contribution in [-0.4, -0.2) is 52.7 Å². The second-order valence-electron chi connectivity index (χ2n) is 6.70. The van der Waals surface area contributed by atoms with E-state index in [1.165, 1.54) is 18.3 Å². The maximum Gasteiger partial charge on any atom is 0.335 e. The minimum absolute atomic E-state index is 0.0314. The zero-order chi connectivity index (χ0) is 19.2. The van der Waals surface area contributed by atoms with Crippen molar-refractivity contribution in [1.29, 1.82) is 0 Å². The molecule has 27 heavy (non-hydrogen) atoms. The van der Waals surface area contributed by atoms with Crippen molar-refractivity contribution >= 4 is 11.9 Å². The van der Waals surface area contributed by atoms with Gasteiger partial charge in [0.1, 0.15) is 0 Å². The first kappa shape index (κ1) is 19.0. The summed E-state index contributed by atoms with van der Waals surface area (Å²) in [6.07, 6.45) is 4.44. The number of aromatic carboxylic acids is 1. The lowest BCUT2D eigenvalue weighted by molar-refractivity contribution is 0.00211. The van der Waals surface area contributed by atoms with Gasteiger partial charge in [-0.25, -0.2) is 4.79 Å². The fraction of sp³-hybridized carbons (Fsp3) is 0.381. The number of rotatable bonds is 6. The third-order valence-corrected chi connectivity index (χ3v) is 4.64. The summed E-state index contributed by atoms with van der Waals surface area (Å²) in [5.74, 6) is -1.03. The van der Waals surface area contributed by atoms with Crippen LogP contribution in [0.25, 0.3) is 11.3 Å². The summed E-state index contributed by atoms with van der Waals surface area (Å²) in [6, 6.07) is 10.1. The van der Waals surface area contributed by atoms with Crippen molar-refractivity contribution in [2.24, 2.45) is 0 Å². The van der Waals surface area contributed by atoms with Gasteiger partial charge < -0.3 is 14.7 Å². The van der Waals surface area contributed by atoms with Crippen LogP contribution in [0.5, 0.6) is 0 Å². The lowest BCUT2D eigenvalue weighted by Crippen LogP contribution is -2.43. The van der Waals surface area contributed by atoms with Gasteiger partial charge in [-0.15, -0.1) is 0 Å². The Morgan fingerprint density at radius 2 is 2.11 bits per heavy atom. The number of nitrogens with zero attached hydrogens (tertiary/aromatic N) is 2. The smallest absolute Gasteiger partial charge is 0.335 e. The molecule has 1 aliphatic rings. The summed E-state index contributed by atoms with van der Waals surface area (Å²) in [7, 11) is 0. The van der Waals surface area contributed by atoms with Crippen molar-refractivity contribution < 1.29 is 19.4 Å². The predicted octanol–water partition coefficient (Wildman–Crippen LogP) is 3.48. The van der Waals surface area contributed by atoms with E-state index in [0.29, 0.717) is 24.4 Å². The molecule has 1 amide bonds. The maximum absolute atomic E-state index is 12.9. The third kappa shape index (κ3) is 4.71. The second kappa shape index (κ2) is 8.77. The predicted molar refractivity (Wildman–Crippen MR) is 102 cm³/mol. The number of pyridine rings is 1. The summed E-state index contributed by atoms with van der Waals surface area (Å²) < 4.78 is 5.82. The van der Waals surface area contributed by atoms with Gasteiger partial charge in [0.2, 0.25) is 0 Å². The number of carbonyl (C=O) groups excluding carboxylic acids is 1. The van der Waals surface area contributed by atoms with Crippen LogP contribution in [0.3, 0.4) is 0 Å². The van der Waals surface area contributed by atoms with Crippen LogP contribution >= 0.6 is 0 Å². The van der Waals surface area contributed by atoms with Crippen LogP contribution in [0.1, 0.15) is 46.9 Å². The molecule has 1 aliphatic heterocycles. The molecule has 0 unspecified atom stereocenters. The van der Waals surface area contributed by atoms with Crippen molar-refractivity contribution in [3.63, 3.8) is 0 Å². The number of amides is 1. The molecule has 1 fully saturated rings. The Morgan fingerprint density at radius 3 is 2.89 bits per heavy atom. The van der Waals surface area contributed by atoms with E-state index in [1.54, 1.807) is 18.2 Å². The van der Waals surface area contributed by atoms with Crippen molar-refractivity contribution in [2.75, 3.05) is 19.7 Å². The molecular weight excluding hydrogens is 344 g/mol. The molecular formula is C21H24N2O4. The van der Waals surface area contributed by atoms with Gasteiger partial charge in [0, 0.05) is 37.0 Å². The first-order valence-corrected chi connectivity index (χ1v) is 9.29. The largest absolute Gasteiger partial charge is 0.478 e. The van der Waals surface area contributed by atoms with Gasteiger partial charge >= 0.3 is 5.97 Å². The number of likely N-dealkylation sites (tertiary alicyclic amines) is 1. The van der Waals surface area contributed by atoms with Gasteiger partial charge in [-0.2, -0.15) is 0 Å². The molecule has 0 aliphatic carbocycles. The summed E-state index contributed by atoms with van der Waals surface area (Å²) >= 11 is 0. The highest BCUT2D eigenvalue weighted by molar-refractivity contribution is 5.95. The van der Waals surface area contributed by atoms with Crippen molar-refractivity contribution in [1.82, 2.24) is 9.88 Å². The molecule has 142 valence electrons. The van der Waals surface area contributed by atoms with Gasteiger partial charge in [-0.1, -0.05) is 19.1 Å². The number of hydrogen-bond acceptors (Lipinski definition) is 4. The zero-order valence-corrected chi connectivity index (χ0v) is 15.4. The summed E-state index contributed by atoms with van der Waals surface area (Å²) in [5.41, 5.74) is 2.00. The van der Waals surface area contributed by atoms with Crippen LogP contribution < -0.4 is 0 Å². The molecule has 1 aromatic heterocycles. The van der Waals surface area contributed by atoms with Crippen LogP contribution in [0.15, 0.2) is 42.6 Å². The van der Waals surface area contributed by atoms with E-state index in [-0.39, 0.29) is 17.6 Å². The van der Waals surface area contributed by atoms with E-state index in [1.807, 2.05) is 11.0 Å². The van der Waals surface area contributed by atoms with E-state index < -0.39 is 5.97 Å². The number of carboxylic acid groups (broad SMARTS) is 1. The molecule has 1 aromatic carbocycles. The molecule has 0 radical (unpaired) electrons. The Hall–Kier alpha value is -2.73. The maximum atomic E-state index is 12.9. The standard InChI is InChI=1S/C21H24N2O4/c1-2-11-27-18-7-4-10-23(14-18)20(24)16-6-3-5-15(12-16)19-13-17(21(25)26)8-9-22-19/h3,5-6,8-9,12-13,18H,2,4,7,10-11,14H2,1H3,(H,25,26)/t18-/m0/s1. The number of carboxylic acids is 1. The van der Waals surface area contributed by atoms with E-state index in [9.17, 15) is 9.59 Å². The zero-order valence-electron chi connectivity index (χ0n) is 15.4. The highest BCUT2D eigenvalue weighted by atomic mass is 16.5. The number of piperidine rings is 1. The first-order valence-electron chi connectivity index (χ1n) is 9.29. The van der Waals surface area contributed by atoms with Crippen LogP contribution in [0.4, 0.5) is 0 Å². The molecule has 6 nitrogen and oxygen atoms in total. The van der Waals surface area contributed by atoms with Crippen LogP contribution in [0, 0.1) is 0 Å². The molecule has 2 aromatic rings. The van der Waals surface area contributed by atoms with Gasteiger partial charge in [-0.3, -0.25) is 9.78 Å². The minimum atomic E-state index is -1.00. The highest BCUT2D eigenvalue weighted by Crippen LogP contribution is 2.22. The molecule has 0 spiro atoms. The fourth-order valence-corrected chi connectivity index (χ4v) is 3.26. The van der Waals surface area contributed by atoms with Crippen LogP contribution in [0.2, 0.25) is 0 Å². The Kier molecular flexibility index (Phi) is 6.19. The Morgan fingerprint density at radius 1 is 1.26 bits per heavy atom. The van der Waals surface area contributed by atoms with Gasteiger partial charge in [0.15, 0.2) is 0 Å². The van der Waals surface area contributed by atoms with E-state index in [0.717, 1.165) is 31.4 Å². The highest BCUT2D eigenvalue weighted by Gasteiger charge is 2.25. The lowest BCUT2D eigenvalue weighted by Gasteiger charge is -2.32. The molecule has 0 bridgehead atoms. The number of aromatic nitrogens is 1. The van der Waals surface area contributed by atoms with E-state index >= 15 is 0 Å². The number of carbonyl (C=O) groups is 2. The average Bonchev–Trinajstić information content (AvgIpc) is 2.72. The quantitative estimate of drug-likeness (QED) is 0.844. The molecule has 1 N–H and O–H groups in total. The molecule has 1 atom stereocenters. The summed E-state index contributed by atoms with van der Waals surface area (Å²) in [5, 5.41) is 9.16. The fourth-order valence-electron chi connectivity index (χ4n) is 3.26. The van der Waals surface area contributed by atoms with Crippen molar-refractivity contribution in [3.05, 3.63) is 53.7 Å². The van der Waals surface area contributed by atoms with E-state index in [4.69, 9.17) is 9.84 Å². The molecule has 6 heteroatoms. The normalized spacial score (nSPS) is 16.9. The van der Waals surface area contributed by atoms with Gasteiger partial charge in [0.05, 0.1) is 17.4 Å². The average molecular weight is 368 g/mol. The number of hydrogen-bond donors (Lipinski definition) is 1. The van der Waals surface area contributed by atoms with Crippen molar-refractivity contribution in [3.8, 4) is 11.3 Å². The number of benzene rings is 1. The minimum Gasteiger partial charge on any atom is -0.478 e. The lowest BCUT2D eigenvalue weighted by atomic mass is 10.0. The first-order chi connectivity index (χ1) is 13.1. The van der Waals surface area contributed by atoms with Crippen molar-refractivity contribution in [2.45, 2.75) is 32.3 Å². The monoisotopic (exact) mass is 368 g/mol. The SMILES string of the molecule is CCCO[C@H]1CCCN(C(=O)c2cccc(-c3cc(C(=O)O)ccn3)c2)C1. The third-order valence-electron chi connectivity index (χ3n) is 4.64. The summed E-state index contributed by atoms with van der Waals surface area (Å²) in [4.78, 5) is 30.2. The summed E-state index contributed by atoms with van der Waals surface area (Å²) in [6.45, 7) is 4.12. The Labute approximate surface area is 158 Å². The molecule has 0 saturated carbocycles. The second-order valence-corrected chi connectivity index (χ2v) is 6.70. The topological polar surface area (TPSA) is 79.7 Å². The van der Waals surface area contributed by atoms with Gasteiger partial charge in [0.25, 0.3) is 5.91 Å².